The van der Waals surface area contributed by atoms with E-state index in [0.717, 1.165) is 19.4 Å². The van der Waals surface area contributed by atoms with E-state index in [9.17, 15) is 4.79 Å². The average molecular weight is 221 g/mol. The molecule has 1 aromatic heterocycles. The number of nitrogens with one attached hydrogen (secondary N) is 1. The Hall–Kier alpha value is -1.29. The van der Waals surface area contributed by atoms with Crippen molar-refractivity contribution >= 4 is 5.91 Å². The predicted molar refractivity (Wildman–Crippen MR) is 63.2 cm³/mol. The molecule has 0 aliphatic heterocycles. The van der Waals surface area contributed by atoms with Crippen molar-refractivity contribution in [2.24, 2.45) is 5.73 Å². The van der Waals surface area contributed by atoms with Crippen LogP contribution in [0.3, 0.4) is 0 Å². The van der Waals surface area contributed by atoms with Gasteiger partial charge in [0.2, 0.25) is 0 Å². The monoisotopic (exact) mass is 221 g/mol. The molecule has 0 unspecified atom stereocenters. The Balaban J connectivity index is 1.93. The van der Waals surface area contributed by atoms with Gasteiger partial charge in [0.15, 0.2) is 0 Å². The van der Waals surface area contributed by atoms with Crippen molar-refractivity contribution in [3.63, 3.8) is 0 Å². The molecule has 1 aromatic rings. The SMILES string of the molecule is CCn1cccc1C(=O)NCC1(N)CCC1. The van der Waals surface area contributed by atoms with E-state index in [1.165, 1.54) is 6.42 Å². The predicted octanol–water partition coefficient (Wildman–Crippen LogP) is 1.12. The van der Waals surface area contributed by atoms with Crippen molar-refractivity contribution in [3.8, 4) is 0 Å². The van der Waals surface area contributed by atoms with E-state index in [0.29, 0.717) is 12.2 Å². The molecule has 2 rings (SSSR count). The molecule has 3 N–H and O–H groups in total. The second kappa shape index (κ2) is 4.29. The Morgan fingerprint density at radius 1 is 1.62 bits per heavy atom. The van der Waals surface area contributed by atoms with Crippen molar-refractivity contribution in [1.82, 2.24) is 9.88 Å². The molecule has 0 aromatic carbocycles. The Bertz CT molecular complexity index is 379. The Kier molecular flexibility index (Phi) is 3.01. The van der Waals surface area contributed by atoms with Crippen LogP contribution in [0.25, 0.3) is 0 Å². The summed E-state index contributed by atoms with van der Waals surface area (Å²) in [5.41, 5.74) is 6.61. The summed E-state index contributed by atoms with van der Waals surface area (Å²) in [6.07, 6.45) is 5.12. The van der Waals surface area contributed by atoms with E-state index in [4.69, 9.17) is 5.73 Å². The fraction of sp³-hybridized carbons (Fsp3) is 0.583. The number of amides is 1. The molecular weight excluding hydrogens is 202 g/mol. The zero-order valence-electron chi connectivity index (χ0n) is 9.70. The van der Waals surface area contributed by atoms with Gasteiger partial charge in [-0.3, -0.25) is 4.79 Å². The molecule has 88 valence electrons. The number of aromatic nitrogens is 1. The normalized spacial score (nSPS) is 17.9. The highest BCUT2D eigenvalue weighted by molar-refractivity contribution is 5.92. The molecule has 0 saturated heterocycles. The van der Waals surface area contributed by atoms with Gasteiger partial charge in [0, 0.05) is 24.8 Å². The third-order valence-electron chi connectivity index (χ3n) is 3.35. The van der Waals surface area contributed by atoms with Crippen molar-refractivity contribution in [3.05, 3.63) is 24.0 Å². The highest BCUT2D eigenvalue weighted by atomic mass is 16.1. The van der Waals surface area contributed by atoms with E-state index in [1.54, 1.807) is 0 Å². The van der Waals surface area contributed by atoms with Gasteiger partial charge < -0.3 is 15.6 Å². The van der Waals surface area contributed by atoms with E-state index >= 15 is 0 Å². The molecule has 0 atom stereocenters. The number of nitrogens with two attached hydrogens (primary N) is 1. The summed E-state index contributed by atoms with van der Waals surface area (Å²) in [6.45, 7) is 3.41. The van der Waals surface area contributed by atoms with Gasteiger partial charge in [0.25, 0.3) is 5.91 Å². The van der Waals surface area contributed by atoms with E-state index in [-0.39, 0.29) is 11.4 Å². The second-order valence-corrected chi connectivity index (χ2v) is 4.58. The first-order valence-corrected chi connectivity index (χ1v) is 5.87. The van der Waals surface area contributed by atoms with Crippen molar-refractivity contribution in [2.45, 2.75) is 38.3 Å². The largest absolute Gasteiger partial charge is 0.349 e. The van der Waals surface area contributed by atoms with E-state index in [2.05, 4.69) is 5.32 Å². The quantitative estimate of drug-likeness (QED) is 0.800. The number of carbonyl (C=O) groups excluding carboxylic acids is 1. The summed E-state index contributed by atoms with van der Waals surface area (Å²) in [4.78, 5) is 11.9. The summed E-state index contributed by atoms with van der Waals surface area (Å²) >= 11 is 0. The molecule has 0 bridgehead atoms. The van der Waals surface area contributed by atoms with E-state index < -0.39 is 0 Å². The highest BCUT2D eigenvalue weighted by Gasteiger charge is 2.32. The lowest BCUT2D eigenvalue weighted by Gasteiger charge is -2.38. The maximum absolute atomic E-state index is 11.9. The smallest absolute Gasteiger partial charge is 0.267 e. The maximum atomic E-state index is 11.9. The number of hydrogen-bond acceptors (Lipinski definition) is 2. The van der Waals surface area contributed by atoms with Crippen LogP contribution in [0.15, 0.2) is 18.3 Å². The minimum atomic E-state index is -0.153. The van der Waals surface area contributed by atoms with Gasteiger partial charge in [-0.2, -0.15) is 0 Å². The molecule has 1 amide bonds. The molecule has 0 spiro atoms. The molecule has 0 radical (unpaired) electrons. The van der Waals surface area contributed by atoms with Crippen LogP contribution in [0.2, 0.25) is 0 Å². The van der Waals surface area contributed by atoms with Crippen LogP contribution >= 0.6 is 0 Å². The second-order valence-electron chi connectivity index (χ2n) is 4.58. The minimum Gasteiger partial charge on any atom is -0.349 e. The van der Waals surface area contributed by atoms with Gasteiger partial charge in [-0.15, -0.1) is 0 Å². The summed E-state index contributed by atoms with van der Waals surface area (Å²) in [7, 11) is 0. The summed E-state index contributed by atoms with van der Waals surface area (Å²) in [5, 5.41) is 2.92. The molecule has 1 saturated carbocycles. The third kappa shape index (κ3) is 2.11. The first kappa shape index (κ1) is 11.2. The number of hydrogen-bond donors (Lipinski definition) is 2. The van der Waals surface area contributed by atoms with E-state index in [1.807, 2.05) is 29.8 Å². The molecule has 16 heavy (non-hydrogen) atoms. The van der Waals surface area contributed by atoms with Crippen LogP contribution < -0.4 is 11.1 Å². The van der Waals surface area contributed by atoms with Gasteiger partial charge in [0.05, 0.1) is 0 Å². The van der Waals surface area contributed by atoms with Crippen LogP contribution in [0.5, 0.6) is 0 Å². The highest BCUT2D eigenvalue weighted by Crippen LogP contribution is 2.28. The number of aryl methyl sites for hydroxylation is 1. The summed E-state index contributed by atoms with van der Waals surface area (Å²) in [5.74, 6) is -0.0245. The number of nitrogens with zero attached hydrogens (tertiary/aromatic N) is 1. The average Bonchev–Trinajstić information content (AvgIpc) is 2.71. The Morgan fingerprint density at radius 2 is 2.38 bits per heavy atom. The fourth-order valence-electron chi connectivity index (χ4n) is 2.05. The lowest BCUT2D eigenvalue weighted by atomic mass is 9.78. The zero-order chi connectivity index (χ0) is 11.6. The minimum absolute atomic E-state index is 0.0245. The molecular formula is C12H19N3O. The zero-order valence-corrected chi connectivity index (χ0v) is 9.70. The molecule has 1 aliphatic rings. The van der Waals surface area contributed by atoms with Crippen LogP contribution in [0, 0.1) is 0 Å². The number of rotatable bonds is 4. The lowest BCUT2D eigenvalue weighted by molar-refractivity contribution is 0.0920. The van der Waals surface area contributed by atoms with Gasteiger partial charge in [0.1, 0.15) is 5.69 Å². The van der Waals surface area contributed by atoms with Gasteiger partial charge in [-0.05, 0) is 38.3 Å². The van der Waals surface area contributed by atoms with Gasteiger partial charge in [-0.1, -0.05) is 0 Å². The molecule has 4 nitrogen and oxygen atoms in total. The Labute approximate surface area is 95.8 Å². The van der Waals surface area contributed by atoms with Gasteiger partial charge in [-0.25, -0.2) is 0 Å². The lowest BCUT2D eigenvalue weighted by Crippen LogP contribution is -2.55. The maximum Gasteiger partial charge on any atom is 0.267 e. The van der Waals surface area contributed by atoms with Crippen molar-refractivity contribution in [1.29, 1.82) is 0 Å². The molecule has 4 heteroatoms. The van der Waals surface area contributed by atoms with Crippen LogP contribution in [-0.2, 0) is 6.54 Å². The number of carbonyl (C=O) groups is 1. The first-order valence-electron chi connectivity index (χ1n) is 5.87. The summed E-state index contributed by atoms with van der Waals surface area (Å²) < 4.78 is 1.93. The van der Waals surface area contributed by atoms with Crippen LogP contribution in [0.1, 0.15) is 36.7 Å². The topological polar surface area (TPSA) is 60.0 Å². The van der Waals surface area contributed by atoms with Crippen LogP contribution in [-0.4, -0.2) is 22.6 Å². The molecule has 1 aliphatic carbocycles. The van der Waals surface area contributed by atoms with Crippen molar-refractivity contribution in [2.75, 3.05) is 6.54 Å². The van der Waals surface area contributed by atoms with Gasteiger partial charge >= 0.3 is 0 Å². The third-order valence-corrected chi connectivity index (χ3v) is 3.35. The summed E-state index contributed by atoms with van der Waals surface area (Å²) in [6, 6.07) is 3.72. The fourth-order valence-corrected chi connectivity index (χ4v) is 2.05. The first-order chi connectivity index (χ1) is 7.64. The molecule has 1 heterocycles. The van der Waals surface area contributed by atoms with Crippen LogP contribution in [0.4, 0.5) is 0 Å². The van der Waals surface area contributed by atoms with Crippen molar-refractivity contribution < 1.29 is 4.79 Å². The molecule has 1 fully saturated rings. The Morgan fingerprint density at radius 3 is 2.94 bits per heavy atom. The standard InChI is InChI=1S/C12H19N3O/c1-2-15-8-3-5-10(15)11(16)14-9-12(13)6-4-7-12/h3,5,8H,2,4,6-7,9,13H2,1H3,(H,14,16).